The van der Waals surface area contributed by atoms with E-state index in [9.17, 15) is 4.79 Å². The third kappa shape index (κ3) is 5.59. The van der Waals surface area contributed by atoms with Crippen LogP contribution in [0.4, 0.5) is 0 Å². The van der Waals surface area contributed by atoms with Crippen molar-refractivity contribution in [3.05, 3.63) is 29.8 Å². The van der Waals surface area contributed by atoms with Crippen molar-refractivity contribution in [1.82, 2.24) is 5.32 Å². The van der Waals surface area contributed by atoms with Gasteiger partial charge in [-0.15, -0.1) is 11.6 Å². The highest BCUT2D eigenvalue weighted by Gasteiger charge is 2.03. The highest BCUT2D eigenvalue weighted by molar-refractivity contribution is 6.17. The van der Waals surface area contributed by atoms with E-state index >= 15 is 0 Å². The van der Waals surface area contributed by atoms with Crippen LogP contribution < -0.4 is 5.32 Å². The lowest BCUT2D eigenvalue weighted by Crippen LogP contribution is -2.24. The molecule has 0 radical (unpaired) electrons. The summed E-state index contributed by atoms with van der Waals surface area (Å²) in [6, 6.07) is 6.24. The average molecular weight is 256 g/mol. The fourth-order valence-electron chi connectivity index (χ4n) is 1.49. The first-order valence-corrected chi connectivity index (χ1v) is 6.40. The third-order valence-electron chi connectivity index (χ3n) is 2.48. The maximum atomic E-state index is 11.6. The van der Waals surface area contributed by atoms with Gasteiger partial charge in [-0.3, -0.25) is 4.79 Å². The molecular formula is C13H18ClNO2. The summed E-state index contributed by atoms with van der Waals surface area (Å²) >= 11 is 5.57. The number of benzene rings is 1. The molecule has 0 aromatic heterocycles. The van der Waals surface area contributed by atoms with Crippen molar-refractivity contribution in [3.8, 4) is 5.75 Å². The number of aromatic hydroxyl groups is 1. The van der Waals surface area contributed by atoms with Gasteiger partial charge in [-0.1, -0.05) is 12.8 Å². The molecule has 0 fully saturated rings. The topological polar surface area (TPSA) is 49.3 Å². The molecule has 1 aromatic rings. The second kappa shape index (κ2) is 7.96. The Hall–Kier alpha value is -1.22. The van der Waals surface area contributed by atoms with Crippen molar-refractivity contribution in [3.63, 3.8) is 0 Å². The highest BCUT2D eigenvalue weighted by atomic mass is 35.5. The maximum Gasteiger partial charge on any atom is 0.251 e. The van der Waals surface area contributed by atoms with Gasteiger partial charge in [0.2, 0.25) is 0 Å². The number of halogens is 1. The van der Waals surface area contributed by atoms with Crippen molar-refractivity contribution in [2.75, 3.05) is 12.4 Å². The molecule has 4 heteroatoms. The molecule has 1 rings (SSSR count). The van der Waals surface area contributed by atoms with E-state index < -0.39 is 0 Å². The lowest BCUT2D eigenvalue weighted by atomic mass is 10.2. The van der Waals surface area contributed by atoms with Crippen molar-refractivity contribution in [2.45, 2.75) is 25.7 Å². The zero-order chi connectivity index (χ0) is 12.5. The summed E-state index contributed by atoms with van der Waals surface area (Å²) in [4.78, 5) is 11.6. The molecule has 0 bridgehead atoms. The van der Waals surface area contributed by atoms with Crippen molar-refractivity contribution in [1.29, 1.82) is 0 Å². The smallest absolute Gasteiger partial charge is 0.251 e. The molecule has 2 N–H and O–H groups in total. The van der Waals surface area contributed by atoms with Gasteiger partial charge in [-0.2, -0.15) is 0 Å². The summed E-state index contributed by atoms with van der Waals surface area (Å²) in [5.41, 5.74) is 0.573. The first kappa shape index (κ1) is 13.8. The molecule has 0 saturated heterocycles. The number of rotatable bonds is 7. The molecule has 0 aliphatic carbocycles. The molecule has 17 heavy (non-hydrogen) atoms. The molecular weight excluding hydrogens is 238 g/mol. The fourth-order valence-corrected chi connectivity index (χ4v) is 1.68. The number of unbranched alkanes of at least 4 members (excludes halogenated alkanes) is 3. The van der Waals surface area contributed by atoms with E-state index in [1.807, 2.05) is 0 Å². The molecule has 0 aliphatic rings. The van der Waals surface area contributed by atoms with Gasteiger partial charge in [0.15, 0.2) is 0 Å². The van der Waals surface area contributed by atoms with Gasteiger partial charge < -0.3 is 10.4 Å². The van der Waals surface area contributed by atoms with Gasteiger partial charge in [-0.25, -0.2) is 0 Å². The van der Waals surface area contributed by atoms with E-state index in [0.29, 0.717) is 18.0 Å². The van der Waals surface area contributed by atoms with Gasteiger partial charge in [0.1, 0.15) is 5.75 Å². The number of alkyl halides is 1. The van der Waals surface area contributed by atoms with E-state index in [1.54, 1.807) is 12.1 Å². The Bertz CT molecular complexity index is 338. The SMILES string of the molecule is O=C(NCCCCCCCl)c1ccc(O)cc1. The summed E-state index contributed by atoms with van der Waals surface area (Å²) in [6.07, 6.45) is 4.20. The number of hydrogen-bond acceptors (Lipinski definition) is 2. The Balaban J connectivity index is 2.19. The summed E-state index contributed by atoms with van der Waals surface area (Å²) in [5.74, 6) is 0.782. The Labute approximate surface area is 107 Å². The number of carbonyl (C=O) groups is 1. The van der Waals surface area contributed by atoms with Crippen molar-refractivity contribution in [2.24, 2.45) is 0 Å². The first-order valence-electron chi connectivity index (χ1n) is 5.87. The lowest BCUT2D eigenvalue weighted by molar-refractivity contribution is 0.0953. The third-order valence-corrected chi connectivity index (χ3v) is 2.74. The number of hydrogen-bond donors (Lipinski definition) is 2. The molecule has 1 amide bonds. The molecule has 0 atom stereocenters. The Morgan fingerprint density at radius 2 is 1.76 bits per heavy atom. The minimum atomic E-state index is -0.0951. The van der Waals surface area contributed by atoms with Gasteiger partial charge in [0, 0.05) is 18.0 Å². The number of amides is 1. The van der Waals surface area contributed by atoms with Crippen molar-refractivity contribution >= 4 is 17.5 Å². The minimum Gasteiger partial charge on any atom is -0.508 e. The molecule has 3 nitrogen and oxygen atoms in total. The van der Waals surface area contributed by atoms with Crippen LogP contribution in [-0.2, 0) is 0 Å². The molecule has 94 valence electrons. The summed E-state index contributed by atoms with van der Waals surface area (Å²) in [6.45, 7) is 0.683. The van der Waals surface area contributed by atoms with Crippen LogP contribution in [0, 0.1) is 0 Å². The van der Waals surface area contributed by atoms with Crippen LogP contribution in [0.5, 0.6) is 5.75 Å². The van der Waals surface area contributed by atoms with E-state index in [2.05, 4.69) is 5.32 Å². The second-order valence-electron chi connectivity index (χ2n) is 3.91. The standard InChI is InChI=1S/C13H18ClNO2/c14-9-3-1-2-4-10-15-13(17)11-5-7-12(16)8-6-11/h5-8,16H,1-4,9-10H2,(H,15,17). The minimum absolute atomic E-state index is 0.0951. The van der Waals surface area contributed by atoms with Gasteiger partial charge in [0.05, 0.1) is 0 Å². The summed E-state index contributed by atoms with van der Waals surface area (Å²) in [7, 11) is 0. The van der Waals surface area contributed by atoms with E-state index in [0.717, 1.165) is 25.7 Å². The van der Waals surface area contributed by atoms with E-state index in [1.165, 1.54) is 12.1 Å². The van der Waals surface area contributed by atoms with Crippen LogP contribution in [-0.4, -0.2) is 23.4 Å². The molecule has 0 aliphatic heterocycles. The monoisotopic (exact) mass is 255 g/mol. The predicted octanol–water partition coefficient (Wildman–Crippen LogP) is 2.92. The van der Waals surface area contributed by atoms with Crippen molar-refractivity contribution < 1.29 is 9.90 Å². The summed E-state index contributed by atoms with van der Waals surface area (Å²) < 4.78 is 0. The zero-order valence-electron chi connectivity index (χ0n) is 9.79. The average Bonchev–Trinajstić information content (AvgIpc) is 2.34. The number of nitrogens with one attached hydrogen (secondary N) is 1. The molecule has 0 spiro atoms. The maximum absolute atomic E-state index is 11.6. The molecule has 0 unspecified atom stereocenters. The quantitative estimate of drug-likeness (QED) is 0.581. The van der Waals surface area contributed by atoms with Crippen LogP contribution in [0.1, 0.15) is 36.0 Å². The van der Waals surface area contributed by atoms with Crippen LogP contribution in [0.2, 0.25) is 0 Å². The molecule has 0 saturated carbocycles. The Morgan fingerprint density at radius 1 is 1.12 bits per heavy atom. The Kier molecular flexibility index (Phi) is 6.48. The fraction of sp³-hybridized carbons (Fsp3) is 0.462. The molecule has 1 aromatic carbocycles. The van der Waals surface area contributed by atoms with Crippen LogP contribution in [0.25, 0.3) is 0 Å². The zero-order valence-corrected chi connectivity index (χ0v) is 10.5. The number of phenolic OH excluding ortho intramolecular Hbond substituents is 1. The predicted molar refractivity (Wildman–Crippen MR) is 69.6 cm³/mol. The van der Waals surface area contributed by atoms with Crippen LogP contribution in [0.15, 0.2) is 24.3 Å². The summed E-state index contributed by atoms with van der Waals surface area (Å²) in [5, 5.41) is 11.9. The van der Waals surface area contributed by atoms with E-state index in [4.69, 9.17) is 16.7 Å². The molecule has 0 heterocycles. The van der Waals surface area contributed by atoms with Gasteiger partial charge in [-0.05, 0) is 37.1 Å². The van der Waals surface area contributed by atoms with Crippen LogP contribution in [0.3, 0.4) is 0 Å². The highest BCUT2D eigenvalue weighted by Crippen LogP contribution is 2.09. The van der Waals surface area contributed by atoms with E-state index in [-0.39, 0.29) is 11.7 Å². The largest absolute Gasteiger partial charge is 0.508 e. The normalized spacial score (nSPS) is 10.2. The van der Waals surface area contributed by atoms with Gasteiger partial charge in [0.25, 0.3) is 5.91 Å². The second-order valence-corrected chi connectivity index (χ2v) is 4.28. The number of phenols is 1. The Morgan fingerprint density at radius 3 is 2.41 bits per heavy atom. The van der Waals surface area contributed by atoms with Crippen LogP contribution >= 0.6 is 11.6 Å². The van der Waals surface area contributed by atoms with Gasteiger partial charge >= 0.3 is 0 Å². The number of carbonyl (C=O) groups excluding carboxylic acids is 1. The lowest BCUT2D eigenvalue weighted by Gasteiger charge is -2.05. The first-order chi connectivity index (χ1) is 8.24.